The third kappa shape index (κ3) is 4.15. The molecule has 0 aliphatic heterocycles. The molecule has 0 radical (unpaired) electrons. The smallest absolute Gasteiger partial charge is 0.306 e. The van der Waals surface area contributed by atoms with Gasteiger partial charge in [-0.2, -0.15) is 11.8 Å². The Morgan fingerprint density at radius 2 is 2.21 bits per heavy atom. The topological polar surface area (TPSA) is 26.3 Å². The van der Waals surface area contributed by atoms with Crippen LogP contribution in [0.1, 0.15) is 30.4 Å². The van der Waals surface area contributed by atoms with Crippen LogP contribution >= 0.6 is 23.4 Å². The third-order valence-corrected chi connectivity index (χ3v) is 5.26. The standard InChI is InChI=1S/C15H19ClO2S/c1-11-3-4-12(13(16)7-11)9-19-10-15(5-6-15)8-14(17)18-2/h3-4,7H,5-6,8-10H2,1-2H3. The van der Waals surface area contributed by atoms with E-state index in [-0.39, 0.29) is 11.4 Å². The van der Waals surface area contributed by atoms with Crippen molar-refractivity contribution in [3.05, 3.63) is 34.3 Å². The summed E-state index contributed by atoms with van der Waals surface area (Å²) in [4.78, 5) is 11.3. The van der Waals surface area contributed by atoms with Crippen LogP contribution in [0.3, 0.4) is 0 Å². The first-order chi connectivity index (χ1) is 9.04. The van der Waals surface area contributed by atoms with Crippen LogP contribution in [0.2, 0.25) is 5.02 Å². The van der Waals surface area contributed by atoms with E-state index in [0.717, 1.165) is 29.4 Å². The summed E-state index contributed by atoms with van der Waals surface area (Å²) in [7, 11) is 1.46. The van der Waals surface area contributed by atoms with Gasteiger partial charge in [0.25, 0.3) is 0 Å². The Bertz CT molecular complexity index is 469. The fourth-order valence-corrected chi connectivity index (χ4v) is 3.85. The molecule has 1 aliphatic carbocycles. The zero-order chi connectivity index (χ0) is 13.9. The summed E-state index contributed by atoms with van der Waals surface area (Å²) in [5, 5.41) is 0.838. The van der Waals surface area contributed by atoms with E-state index in [2.05, 4.69) is 12.1 Å². The fraction of sp³-hybridized carbons (Fsp3) is 0.533. The molecule has 1 aromatic rings. The number of rotatable bonds is 6. The number of esters is 1. The van der Waals surface area contributed by atoms with Crippen LogP contribution in [0.25, 0.3) is 0 Å². The molecule has 1 aliphatic rings. The number of hydrogen-bond acceptors (Lipinski definition) is 3. The van der Waals surface area contributed by atoms with Crippen molar-refractivity contribution >= 4 is 29.3 Å². The predicted octanol–water partition coefficient (Wildman–Crippen LogP) is 4.22. The predicted molar refractivity (Wildman–Crippen MR) is 80.7 cm³/mol. The van der Waals surface area contributed by atoms with Gasteiger partial charge < -0.3 is 4.74 Å². The first-order valence-corrected chi connectivity index (χ1v) is 7.97. The van der Waals surface area contributed by atoms with Gasteiger partial charge in [0, 0.05) is 10.8 Å². The molecule has 19 heavy (non-hydrogen) atoms. The fourth-order valence-electron chi connectivity index (χ4n) is 2.07. The quantitative estimate of drug-likeness (QED) is 0.735. The number of ether oxygens (including phenoxy) is 1. The molecular formula is C15H19ClO2S. The SMILES string of the molecule is COC(=O)CC1(CSCc2ccc(C)cc2Cl)CC1. The van der Waals surface area contributed by atoms with E-state index >= 15 is 0 Å². The molecule has 1 aromatic carbocycles. The van der Waals surface area contributed by atoms with E-state index in [1.165, 1.54) is 18.2 Å². The monoisotopic (exact) mass is 298 g/mol. The first kappa shape index (κ1) is 14.7. The molecule has 0 saturated heterocycles. The minimum absolute atomic E-state index is 0.0912. The number of halogens is 1. The molecular weight excluding hydrogens is 280 g/mol. The van der Waals surface area contributed by atoms with E-state index in [4.69, 9.17) is 16.3 Å². The van der Waals surface area contributed by atoms with Gasteiger partial charge in [0.1, 0.15) is 0 Å². The van der Waals surface area contributed by atoms with Crippen LogP contribution in [0, 0.1) is 12.3 Å². The minimum Gasteiger partial charge on any atom is -0.469 e. The van der Waals surface area contributed by atoms with Crippen molar-refractivity contribution in [2.45, 2.75) is 31.9 Å². The molecule has 0 atom stereocenters. The molecule has 0 aromatic heterocycles. The molecule has 2 rings (SSSR count). The van der Waals surface area contributed by atoms with Crippen LogP contribution in [-0.2, 0) is 15.3 Å². The molecule has 2 nitrogen and oxygen atoms in total. The molecule has 0 bridgehead atoms. The number of thioether (sulfide) groups is 1. The number of benzene rings is 1. The second-order valence-corrected chi connectivity index (χ2v) is 6.73. The highest BCUT2D eigenvalue weighted by Crippen LogP contribution is 2.51. The molecule has 0 heterocycles. The van der Waals surface area contributed by atoms with Crippen LogP contribution in [0.4, 0.5) is 0 Å². The van der Waals surface area contributed by atoms with Crippen molar-refractivity contribution in [2.75, 3.05) is 12.9 Å². The summed E-state index contributed by atoms with van der Waals surface area (Å²) >= 11 is 8.07. The molecule has 0 spiro atoms. The van der Waals surface area contributed by atoms with Gasteiger partial charge in [-0.05, 0) is 48.1 Å². The lowest BCUT2D eigenvalue weighted by Gasteiger charge is -2.13. The van der Waals surface area contributed by atoms with Crippen molar-refractivity contribution in [1.82, 2.24) is 0 Å². The van der Waals surface area contributed by atoms with Gasteiger partial charge in [-0.1, -0.05) is 23.7 Å². The number of hydrogen-bond donors (Lipinski definition) is 0. The van der Waals surface area contributed by atoms with E-state index < -0.39 is 0 Å². The summed E-state index contributed by atoms with van der Waals surface area (Å²) in [5.74, 6) is 1.82. The van der Waals surface area contributed by atoms with Gasteiger partial charge in [-0.3, -0.25) is 4.79 Å². The van der Waals surface area contributed by atoms with Crippen molar-refractivity contribution < 1.29 is 9.53 Å². The third-order valence-electron chi connectivity index (χ3n) is 3.58. The summed E-state index contributed by atoms with van der Waals surface area (Å²) in [6.07, 6.45) is 2.82. The summed E-state index contributed by atoms with van der Waals surface area (Å²) in [6.45, 7) is 2.04. The number of carbonyl (C=O) groups excluding carboxylic acids is 1. The highest BCUT2D eigenvalue weighted by molar-refractivity contribution is 7.98. The molecule has 1 fully saturated rings. The Kier molecular flexibility index (Phi) is 4.80. The summed E-state index contributed by atoms with van der Waals surface area (Å²) in [5.41, 5.74) is 2.55. The maximum absolute atomic E-state index is 11.3. The van der Waals surface area contributed by atoms with Crippen LogP contribution in [-0.4, -0.2) is 18.8 Å². The van der Waals surface area contributed by atoms with E-state index in [0.29, 0.717) is 6.42 Å². The zero-order valence-corrected chi connectivity index (χ0v) is 12.9. The molecule has 4 heteroatoms. The van der Waals surface area contributed by atoms with Crippen LogP contribution in [0.5, 0.6) is 0 Å². The van der Waals surface area contributed by atoms with Crippen molar-refractivity contribution in [1.29, 1.82) is 0 Å². The summed E-state index contributed by atoms with van der Waals surface area (Å²) in [6, 6.07) is 6.17. The Labute approximate surface area is 123 Å². The average Bonchev–Trinajstić information content (AvgIpc) is 3.12. The Morgan fingerprint density at radius 1 is 1.47 bits per heavy atom. The van der Waals surface area contributed by atoms with Crippen LogP contribution in [0.15, 0.2) is 18.2 Å². The number of methoxy groups -OCH3 is 1. The minimum atomic E-state index is -0.0912. The first-order valence-electron chi connectivity index (χ1n) is 6.44. The van der Waals surface area contributed by atoms with E-state index in [1.54, 1.807) is 0 Å². The summed E-state index contributed by atoms with van der Waals surface area (Å²) < 4.78 is 4.75. The lowest BCUT2D eigenvalue weighted by atomic mass is 10.1. The highest BCUT2D eigenvalue weighted by atomic mass is 35.5. The van der Waals surface area contributed by atoms with Crippen molar-refractivity contribution in [3.63, 3.8) is 0 Å². The lowest BCUT2D eigenvalue weighted by Crippen LogP contribution is -2.13. The molecule has 1 saturated carbocycles. The second-order valence-electron chi connectivity index (χ2n) is 5.34. The van der Waals surface area contributed by atoms with Crippen LogP contribution < -0.4 is 0 Å². The van der Waals surface area contributed by atoms with Gasteiger partial charge >= 0.3 is 5.97 Å². The van der Waals surface area contributed by atoms with E-state index in [9.17, 15) is 4.79 Å². The normalized spacial score (nSPS) is 16.2. The van der Waals surface area contributed by atoms with Crippen molar-refractivity contribution in [2.24, 2.45) is 5.41 Å². The maximum atomic E-state index is 11.3. The average molecular weight is 299 g/mol. The van der Waals surface area contributed by atoms with Crippen molar-refractivity contribution in [3.8, 4) is 0 Å². The van der Waals surface area contributed by atoms with Gasteiger partial charge in [0.05, 0.1) is 13.5 Å². The van der Waals surface area contributed by atoms with Gasteiger partial charge in [0.2, 0.25) is 0 Å². The van der Waals surface area contributed by atoms with E-state index in [1.807, 2.05) is 24.8 Å². The molecule has 0 unspecified atom stereocenters. The largest absolute Gasteiger partial charge is 0.469 e. The lowest BCUT2D eigenvalue weighted by molar-refractivity contribution is -0.141. The van der Waals surface area contributed by atoms with Gasteiger partial charge in [0.15, 0.2) is 0 Å². The second kappa shape index (κ2) is 6.19. The van der Waals surface area contributed by atoms with Gasteiger partial charge in [-0.25, -0.2) is 0 Å². The Balaban J connectivity index is 1.82. The molecule has 0 N–H and O–H groups in total. The zero-order valence-electron chi connectivity index (χ0n) is 11.4. The Hall–Kier alpha value is -0.670. The van der Waals surface area contributed by atoms with Gasteiger partial charge in [-0.15, -0.1) is 0 Å². The maximum Gasteiger partial charge on any atom is 0.306 e. The Morgan fingerprint density at radius 3 is 2.79 bits per heavy atom. The number of aryl methyl sites for hydroxylation is 1. The number of carbonyl (C=O) groups is 1. The molecule has 0 amide bonds. The molecule has 104 valence electrons. The highest BCUT2D eigenvalue weighted by Gasteiger charge is 2.44.